The SMILES string of the molecule is Cc1ccc(CNC(=O)NC2CCOC(C3CC3)C2)c(OC(C)C)c1. The maximum atomic E-state index is 12.3. The summed E-state index contributed by atoms with van der Waals surface area (Å²) >= 11 is 0. The summed E-state index contributed by atoms with van der Waals surface area (Å²) in [4.78, 5) is 12.3. The molecule has 3 rings (SSSR count). The van der Waals surface area contributed by atoms with E-state index < -0.39 is 0 Å². The average molecular weight is 346 g/mol. The molecule has 25 heavy (non-hydrogen) atoms. The van der Waals surface area contributed by atoms with E-state index in [1.54, 1.807) is 0 Å². The van der Waals surface area contributed by atoms with Crippen LogP contribution in [0, 0.1) is 12.8 Å². The number of nitrogens with one attached hydrogen (secondary N) is 2. The number of aryl methyl sites for hydroxylation is 1. The standard InChI is InChI=1S/C20H30N2O3/c1-13(2)25-19-10-14(3)4-5-16(19)12-21-20(23)22-17-8-9-24-18(11-17)15-6-7-15/h4-5,10,13,15,17-18H,6-9,11-12H2,1-3H3,(H2,21,22,23). The molecular formula is C20H30N2O3. The van der Waals surface area contributed by atoms with Crippen molar-refractivity contribution >= 4 is 6.03 Å². The second kappa shape index (κ2) is 8.09. The van der Waals surface area contributed by atoms with E-state index in [0.717, 1.165) is 42.2 Å². The van der Waals surface area contributed by atoms with E-state index in [9.17, 15) is 4.79 Å². The Hall–Kier alpha value is -1.75. The molecular weight excluding hydrogens is 316 g/mol. The molecule has 1 aromatic carbocycles. The van der Waals surface area contributed by atoms with Gasteiger partial charge in [0, 0.05) is 24.8 Å². The van der Waals surface area contributed by atoms with Crippen LogP contribution in [0.4, 0.5) is 4.79 Å². The predicted octanol–water partition coefficient (Wildman–Crippen LogP) is 3.54. The van der Waals surface area contributed by atoms with Crippen LogP contribution >= 0.6 is 0 Å². The number of ether oxygens (including phenoxy) is 2. The maximum Gasteiger partial charge on any atom is 0.315 e. The molecule has 0 aromatic heterocycles. The molecule has 2 fully saturated rings. The minimum Gasteiger partial charge on any atom is -0.491 e. The topological polar surface area (TPSA) is 59.6 Å². The van der Waals surface area contributed by atoms with Gasteiger partial charge < -0.3 is 20.1 Å². The normalized spacial score (nSPS) is 23.4. The van der Waals surface area contributed by atoms with E-state index in [4.69, 9.17) is 9.47 Å². The monoisotopic (exact) mass is 346 g/mol. The fourth-order valence-corrected chi connectivity index (χ4v) is 3.34. The fourth-order valence-electron chi connectivity index (χ4n) is 3.34. The molecule has 1 aliphatic carbocycles. The molecule has 5 nitrogen and oxygen atoms in total. The molecule has 1 saturated heterocycles. The lowest BCUT2D eigenvalue weighted by atomic mass is 10.0. The van der Waals surface area contributed by atoms with Crippen molar-refractivity contribution in [3.05, 3.63) is 29.3 Å². The molecule has 0 radical (unpaired) electrons. The van der Waals surface area contributed by atoms with Crippen LogP contribution in [-0.2, 0) is 11.3 Å². The Bertz CT molecular complexity index is 599. The van der Waals surface area contributed by atoms with Gasteiger partial charge in [0.2, 0.25) is 0 Å². The molecule has 1 saturated carbocycles. The molecule has 1 heterocycles. The quantitative estimate of drug-likeness (QED) is 0.828. The van der Waals surface area contributed by atoms with Crippen LogP contribution in [0.3, 0.4) is 0 Å². The van der Waals surface area contributed by atoms with Crippen molar-refractivity contribution in [2.45, 2.75) is 71.2 Å². The van der Waals surface area contributed by atoms with Crippen molar-refractivity contribution in [3.8, 4) is 5.75 Å². The number of hydrogen-bond acceptors (Lipinski definition) is 3. The number of carbonyl (C=O) groups excluding carboxylic acids is 1. The molecule has 0 spiro atoms. The Morgan fingerprint density at radius 3 is 2.84 bits per heavy atom. The highest BCUT2D eigenvalue weighted by Crippen LogP contribution is 2.38. The summed E-state index contributed by atoms with van der Waals surface area (Å²) in [5, 5.41) is 6.07. The van der Waals surface area contributed by atoms with Crippen molar-refractivity contribution in [1.29, 1.82) is 0 Å². The highest BCUT2D eigenvalue weighted by molar-refractivity contribution is 5.74. The lowest BCUT2D eigenvalue weighted by Gasteiger charge is -2.30. The summed E-state index contributed by atoms with van der Waals surface area (Å²) < 4.78 is 11.7. The van der Waals surface area contributed by atoms with Gasteiger partial charge >= 0.3 is 6.03 Å². The minimum absolute atomic E-state index is 0.107. The molecule has 0 bridgehead atoms. The van der Waals surface area contributed by atoms with Crippen molar-refractivity contribution in [2.75, 3.05) is 6.61 Å². The molecule has 2 N–H and O–H groups in total. The van der Waals surface area contributed by atoms with Gasteiger partial charge in [-0.15, -0.1) is 0 Å². The summed E-state index contributed by atoms with van der Waals surface area (Å²) in [5.41, 5.74) is 2.15. The Labute approximate surface area is 150 Å². The van der Waals surface area contributed by atoms with Crippen molar-refractivity contribution in [1.82, 2.24) is 10.6 Å². The molecule has 138 valence electrons. The van der Waals surface area contributed by atoms with Crippen molar-refractivity contribution in [3.63, 3.8) is 0 Å². The highest BCUT2D eigenvalue weighted by atomic mass is 16.5. The maximum absolute atomic E-state index is 12.3. The molecule has 1 aliphatic heterocycles. The smallest absolute Gasteiger partial charge is 0.315 e. The zero-order valence-corrected chi connectivity index (χ0v) is 15.5. The van der Waals surface area contributed by atoms with Gasteiger partial charge in [-0.25, -0.2) is 4.79 Å². The van der Waals surface area contributed by atoms with E-state index in [1.165, 1.54) is 12.8 Å². The fraction of sp³-hybridized carbons (Fsp3) is 0.650. The average Bonchev–Trinajstić information content (AvgIpc) is 3.39. The van der Waals surface area contributed by atoms with E-state index in [1.807, 2.05) is 39.0 Å². The summed E-state index contributed by atoms with van der Waals surface area (Å²) in [7, 11) is 0. The van der Waals surface area contributed by atoms with E-state index in [2.05, 4.69) is 10.6 Å². The van der Waals surface area contributed by atoms with Crippen molar-refractivity contribution < 1.29 is 14.3 Å². The zero-order chi connectivity index (χ0) is 17.8. The highest BCUT2D eigenvalue weighted by Gasteiger charge is 2.36. The zero-order valence-electron chi connectivity index (χ0n) is 15.5. The summed E-state index contributed by atoms with van der Waals surface area (Å²) in [5.74, 6) is 1.56. The molecule has 2 amide bonds. The molecule has 1 aromatic rings. The van der Waals surface area contributed by atoms with Crippen LogP contribution in [0.5, 0.6) is 5.75 Å². The third-order valence-electron chi connectivity index (χ3n) is 4.82. The van der Waals surface area contributed by atoms with Gasteiger partial charge in [-0.1, -0.05) is 12.1 Å². The third-order valence-corrected chi connectivity index (χ3v) is 4.82. The van der Waals surface area contributed by atoms with Gasteiger partial charge in [0.1, 0.15) is 5.75 Å². The first-order valence-electron chi connectivity index (χ1n) is 9.43. The van der Waals surface area contributed by atoms with E-state index >= 15 is 0 Å². The number of rotatable bonds is 6. The Morgan fingerprint density at radius 1 is 1.32 bits per heavy atom. The first-order chi connectivity index (χ1) is 12.0. The van der Waals surface area contributed by atoms with Gasteiger partial charge in [0.25, 0.3) is 0 Å². The molecule has 2 aliphatic rings. The number of urea groups is 1. The molecule has 2 unspecified atom stereocenters. The van der Waals surface area contributed by atoms with Crippen LogP contribution in [0.1, 0.15) is 50.7 Å². The van der Waals surface area contributed by atoms with E-state index in [0.29, 0.717) is 12.6 Å². The van der Waals surface area contributed by atoms with E-state index in [-0.39, 0.29) is 18.2 Å². The lowest BCUT2D eigenvalue weighted by Crippen LogP contribution is -2.46. The van der Waals surface area contributed by atoms with Gasteiger partial charge in [-0.05, 0) is 64.0 Å². The van der Waals surface area contributed by atoms with Crippen LogP contribution < -0.4 is 15.4 Å². The van der Waals surface area contributed by atoms with Gasteiger partial charge in [-0.2, -0.15) is 0 Å². The number of hydrogen-bond donors (Lipinski definition) is 2. The van der Waals surface area contributed by atoms with Gasteiger partial charge in [0.15, 0.2) is 0 Å². The number of amides is 2. The Balaban J connectivity index is 1.50. The Morgan fingerprint density at radius 2 is 2.12 bits per heavy atom. The van der Waals surface area contributed by atoms with Crippen LogP contribution in [0.15, 0.2) is 18.2 Å². The van der Waals surface area contributed by atoms with Gasteiger partial charge in [0.05, 0.1) is 12.2 Å². The first kappa shape index (κ1) is 18.1. The lowest BCUT2D eigenvalue weighted by molar-refractivity contribution is -0.00914. The van der Waals surface area contributed by atoms with Crippen LogP contribution in [-0.4, -0.2) is 30.9 Å². The molecule has 5 heteroatoms. The number of carbonyl (C=O) groups is 1. The minimum atomic E-state index is -0.113. The molecule has 2 atom stereocenters. The third kappa shape index (κ3) is 5.36. The second-order valence-corrected chi connectivity index (χ2v) is 7.57. The van der Waals surface area contributed by atoms with Gasteiger partial charge in [-0.3, -0.25) is 0 Å². The van der Waals surface area contributed by atoms with Crippen molar-refractivity contribution in [2.24, 2.45) is 5.92 Å². The second-order valence-electron chi connectivity index (χ2n) is 7.57. The van der Waals surface area contributed by atoms with Crippen LogP contribution in [0.25, 0.3) is 0 Å². The van der Waals surface area contributed by atoms with Crippen LogP contribution in [0.2, 0.25) is 0 Å². The largest absolute Gasteiger partial charge is 0.491 e. The predicted molar refractivity (Wildman–Crippen MR) is 97.8 cm³/mol. The summed E-state index contributed by atoms with van der Waals surface area (Å²) in [6, 6.07) is 6.18. The Kier molecular flexibility index (Phi) is 5.84. The first-order valence-corrected chi connectivity index (χ1v) is 9.43. The number of benzene rings is 1. The summed E-state index contributed by atoms with van der Waals surface area (Å²) in [6.45, 7) is 7.26. The summed E-state index contributed by atoms with van der Waals surface area (Å²) in [6.07, 6.45) is 4.82.